The minimum atomic E-state index is 0.493. The first kappa shape index (κ1) is 9.77. The Labute approximate surface area is 85.3 Å². The van der Waals surface area contributed by atoms with Gasteiger partial charge in [-0.25, -0.2) is 0 Å². The van der Waals surface area contributed by atoms with Gasteiger partial charge in [0, 0.05) is 32.2 Å². The van der Waals surface area contributed by atoms with Crippen molar-refractivity contribution < 1.29 is 4.74 Å². The van der Waals surface area contributed by atoms with Gasteiger partial charge in [-0.05, 0) is 13.3 Å². The highest BCUT2D eigenvalue weighted by Gasteiger charge is 2.21. The zero-order chi connectivity index (χ0) is 9.97. The molecule has 1 N–H and O–H groups in total. The maximum Gasteiger partial charge on any atom is 0.194 e. The lowest BCUT2D eigenvalue weighted by molar-refractivity contribution is 0.181. The summed E-state index contributed by atoms with van der Waals surface area (Å²) in [5.74, 6) is 1.73. The van der Waals surface area contributed by atoms with Crippen LogP contribution in [0.4, 0.5) is 0 Å². The molecular weight excluding hydrogens is 178 g/mol. The molecule has 4 nitrogen and oxygen atoms in total. The van der Waals surface area contributed by atoms with Gasteiger partial charge in [0.25, 0.3) is 0 Å². The second-order valence-corrected chi connectivity index (χ2v) is 4.32. The fraction of sp³-hybridized carbons (Fsp3) is 0.900. The topological polar surface area (TPSA) is 36.9 Å². The van der Waals surface area contributed by atoms with Crippen LogP contribution in [0.2, 0.25) is 0 Å². The highest BCUT2D eigenvalue weighted by atomic mass is 16.5. The van der Waals surface area contributed by atoms with Crippen molar-refractivity contribution in [2.75, 3.05) is 33.4 Å². The van der Waals surface area contributed by atoms with Crippen LogP contribution in [0, 0.1) is 5.92 Å². The van der Waals surface area contributed by atoms with Gasteiger partial charge in [-0.3, -0.25) is 4.99 Å². The lowest BCUT2D eigenvalue weighted by atomic mass is 10.1. The molecule has 2 unspecified atom stereocenters. The van der Waals surface area contributed by atoms with Gasteiger partial charge in [0.2, 0.25) is 0 Å². The van der Waals surface area contributed by atoms with E-state index in [1.54, 1.807) is 0 Å². The largest absolute Gasteiger partial charge is 0.381 e. The monoisotopic (exact) mass is 197 g/mol. The van der Waals surface area contributed by atoms with Crippen molar-refractivity contribution in [2.45, 2.75) is 19.4 Å². The molecule has 0 aromatic rings. The lowest BCUT2D eigenvalue weighted by Crippen LogP contribution is -2.41. The van der Waals surface area contributed by atoms with E-state index < -0.39 is 0 Å². The summed E-state index contributed by atoms with van der Waals surface area (Å²) in [6.45, 7) is 5.95. The summed E-state index contributed by atoms with van der Waals surface area (Å²) in [5, 5.41) is 3.36. The molecule has 80 valence electrons. The number of guanidine groups is 1. The second-order valence-electron chi connectivity index (χ2n) is 4.32. The molecule has 1 fully saturated rings. The molecule has 14 heavy (non-hydrogen) atoms. The fourth-order valence-electron chi connectivity index (χ4n) is 1.97. The first-order valence-corrected chi connectivity index (χ1v) is 5.35. The number of hydrogen-bond acceptors (Lipinski definition) is 4. The summed E-state index contributed by atoms with van der Waals surface area (Å²) >= 11 is 0. The van der Waals surface area contributed by atoms with Gasteiger partial charge in [0.15, 0.2) is 5.96 Å². The zero-order valence-electron chi connectivity index (χ0n) is 8.99. The van der Waals surface area contributed by atoms with E-state index in [2.05, 4.69) is 29.2 Å². The highest BCUT2D eigenvalue weighted by Crippen LogP contribution is 2.13. The highest BCUT2D eigenvalue weighted by molar-refractivity contribution is 5.81. The van der Waals surface area contributed by atoms with Crippen molar-refractivity contribution in [1.29, 1.82) is 0 Å². The number of nitrogens with zero attached hydrogens (tertiary/aromatic N) is 2. The Morgan fingerprint density at radius 1 is 1.64 bits per heavy atom. The molecule has 2 rings (SSSR count). The van der Waals surface area contributed by atoms with E-state index in [0.29, 0.717) is 12.0 Å². The summed E-state index contributed by atoms with van der Waals surface area (Å²) in [7, 11) is 2.10. The van der Waals surface area contributed by atoms with E-state index in [1.165, 1.54) is 6.42 Å². The molecule has 1 saturated heterocycles. The van der Waals surface area contributed by atoms with E-state index in [0.717, 1.165) is 32.3 Å². The maximum atomic E-state index is 5.35. The average Bonchev–Trinajstić information content (AvgIpc) is 2.75. The lowest BCUT2D eigenvalue weighted by Gasteiger charge is -2.22. The van der Waals surface area contributed by atoms with Crippen LogP contribution in [0.5, 0.6) is 0 Å². The van der Waals surface area contributed by atoms with Crippen molar-refractivity contribution in [3.05, 3.63) is 0 Å². The van der Waals surface area contributed by atoms with Crippen LogP contribution >= 0.6 is 0 Å². The average molecular weight is 197 g/mol. The van der Waals surface area contributed by atoms with Crippen LogP contribution in [0.1, 0.15) is 13.3 Å². The maximum absolute atomic E-state index is 5.35. The minimum Gasteiger partial charge on any atom is -0.381 e. The Balaban J connectivity index is 1.80. The molecule has 0 aliphatic carbocycles. The van der Waals surface area contributed by atoms with Crippen molar-refractivity contribution in [1.82, 2.24) is 10.2 Å². The zero-order valence-corrected chi connectivity index (χ0v) is 8.99. The number of hydrogen-bond donors (Lipinski definition) is 1. The summed E-state index contributed by atoms with van der Waals surface area (Å²) in [4.78, 5) is 6.66. The van der Waals surface area contributed by atoms with Gasteiger partial charge in [-0.15, -0.1) is 0 Å². The van der Waals surface area contributed by atoms with E-state index in [-0.39, 0.29) is 0 Å². The Morgan fingerprint density at radius 2 is 2.50 bits per heavy atom. The molecule has 0 amide bonds. The van der Waals surface area contributed by atoms with Gasteiger partial charge in [0.05, 0.1) is 13.2 Å². The summed E-state index contributed by atoms with van der Waals surface area (Å²) in [6.07, 6.45) is 1.19. The third kappa shape index (κ3) is 2.18. The quantitative estimate of drug-likeness (QED) is 0.692. The molecular formula is C10H19N3O. The molecule has 2 aliphatic heterocycles. The van der Waals surface area contributed by atoms with Crippen LogP contribution in [-0.4, -0.2) is 50.3 Å². The van der Waals surface area contributed by atoms with Gasteiger partial charge in [-0.2, -0.15) is 0 Å². The predicted octanol–water partition coefficient (Wildman–Crippen LogP) is 0.302. The van der Waals surface area contributed by atoms with Gasteiger partial charge < -0.3 is 15.0 Å². The van der Waals surface area contributed by atoms with Crippen molar-refractivity contribution in [3.8, 4) is 0 Å². The number of aliphatic imine (C=N–C) groups is 1. The van der Waals surface area contributed by atoms with Crippen molar-refractivity contribution in [3.63, 3.8) is 0 Å². The predicted molar refractivity (Wildman–Crippen MR) is 56.5 cm³/mol. The number of rotatable bonds is 2. The van der Waals surface area contributed by atoms with E-state index >= 15 is 0 Å². The van der Waals surface area contributed by atoms with E-state index in [4.69, 9.17) is 4.74 Å². The summed E-state index contributed by atoms with van der Waals surface area (Å²) in [6, 6.07) is 0.493. The van der Waals surface area contributed by atoms with Crippen LogP contribution in [0.3, 0.4) is 0 Å². The van der Waals surface area contributed by atoms with Gasteiger partial charge in [-0.1, -0.05) is 0 Å². The van der Waals surface area contributed by atoms with Crippen LogP contribution in [-0.2, 0) is 4.74 Å². The smallest absolute Gasteiger partial charge is 0.194 e. The van der Waals surface area contributed by atoms with Gasteiger partial charge >= 0.3 is 0 Å². The normalized spacial score (nSPS) is 31.4. The SMILES string of the molecule is CC1CN=C(N(C)CC2CCOC2)N1. The first-order chi connectivity index (χ1) is 6.75. The molecule has 0 aromatic heterocycles. The third-order valence-corrected chi connectivity index (χ3v) is 2.81. The fourth-order valence-corrected chi connectivity index (χ4v) is 1.97. The van der Waals surface area contributed by atoms with Crippen molar-refractivity contribution in [2.24, 2.45) is 10.9 Å². The molecule has 4 heteroatoms. The first-order valence-electron chi connectivity index (χ1n) is 5.35. The molecule has 2 aliphatic rings. The van der Waals surface area contributed by atoms with E-state index in [9.17, 15) is 0 Å². The molecule has 0 bridgehead atoms. The third-order valence-electron chi connectivity index (χ3n) is 2.81. The second kappa shape index (κ2) is 4.17. The van der Waals surface area contributed by atoms with Crippen molar-refractivity contribution >= 4 is 5.96 Å². The Hall–Kier alpha value is -0.770. The summed E-state index contributed by atoms with van der Waals surface area (Å²) in [5.41, 5.74) is 0. The van der Waals surface area contributed by atoms with Gasteiger partial charge in [0.1, 0.15) is 0 Å². The number of nitrogens with one attached hydrogen (secondary N) is 1. The molecule has 0 spiro atoms. The molecule has 2 atom stereocenters. The Kier molecular flexibility index (Phi) is 2.91. The molecule has 2 heterocycles. The van der Waals surface area contributed by atoms with Crippen LogP contribution in [0.25, 0.3) is 0 Å². The van der Waals surface area contributed by atoms with Crippen LogP contribution < -0.4 is 5.32 Å². The molecule has 0 aromatic carbocycles. The number of ether oxygens (including phenoxy) is 1. The minimum absolute atomic E-state index is 0.493. The Bertz CT molecular complexity index is 223. The molecule has 0 radical (unpaired) electrons. The van der Waals surface area contributed by atoms with E-state index in [1.807, 2.05) is 0 Å². The van der Waals surface area contributed by atoms with Crippen LogP contribution in [0.15, 0.2) is 4.99 Å². The standard InChI is InChI=1S/C10H19N3O/c1-8-5-11-10(12-8)13(2)6-9-3-4-14-7-9/h8-9H,3-7H2,1-2H3,(H,11,12). The Morgan fingerprint density at radius 3 is 3.07 bits per heavy atom. The summed E-state index contributed by atoms with van der Waals surface area (Å²) < 4.78 is 5.35. The molecule has 0 saturated carbocycles.